The van der Waals surface area contributed by atoms with Crippen molar-refractivity contribution in [1.29, 1.82) is 0 Å². The summed E-state index contributed by atoms with van der Waals surface area (Å²) in [6, 6.07) is 17.9. The number of hydrogen-bond donors (Lipinski definition) is 0. The highest BCUT2D eigenvalue weighted by molar-refractivity contribution is 5.72. The molecule has 0 radical (unpaired) electrons. The molecule has 0 fully saturated rings. The lowest BCUT2D eigenvalue weighted by molar-refractivity contribution is 0.304. The zero-order chi connectivity index (χ0) is 21.3. The third kappa shape index (κ3) is 5.69. The molecule has 0 aliphatic heterocycles. The van der Waals surface area contributed by atoms with E-state index in [2.05, 4.69) is 6.92 Å². The fourth-order valence-electron chi connectivity index (χ4n) is 3.53. The van der Waals surface area contributed by atoms with Crippen molar-refractivity contribution < 1.29 is 13.5 Å². The Bertz CT molecular complexity index is 930. The number of rotatable bonds is 10. The Hall–Kier alpha value is -2.68. The van der Waals surface area contributed by atoms with Crippen molar-refractivity contribution >= 4 is 0 Å². The Morgan fingerprint density at radius 1 is 0.633 bits per heavy atom. The predicted octanol–water partition coefficient (Wildman–Crippen LogP) is 8.35. The molecule has 0 spiro atoms. The van der Waals surface area contributed by atoms with Gasteiger partial charge in [-0.2, -0.15) is 0 Å². The molecule has 0 saturated heterocycles. The van der Waals surface area contributed by atoms with Crippen LogP contribution in [0.15, 0.2) is 60.7 Å². The summed E-state index contributed by atoms with van der Waals surface area (Å²) in [7, 11) is 0. The van der Waals surface area contributed by atoms with E-state index in [9.17, 15) is 8.78 Å². The Kier molecular flexibility index (Phi) is 8.01. The minimum absolute atomic E-state index is 0.255. The molecule has 0 bridgehead atoms. The van der Waals surface area contributed by atoms with Gasteiger partial charge >= 0.3 is 0 Å². The summed E-state index contributed by atoms with van der Waals surface area (Å²) in [5.41, 5.74) is 2.91. The minimum Gasteiger partial charge on any atom is -0.494 e. The lowest BCUT2D eigenvalue weighted by Gasteiger charge is -2.11. The van der Waals surface area contributed by atoms with E-state index in [1.807, 2.05) is 43.3 Å². The minimum atomic E-state index is -0.825. The number of unbranched alkanes of at least 4 members (excludes halogenated alkanes) is 5. The van der Waals surface area contributed by atoms with Gasteiger partial charge in [-0.15, -0.1) is 0 Å². The van der Waals surface area contributed by atoms with Crippen LogP contribution in [0.1, 0.15) is 51.0 Å². The fourth-order valence-corrected chi connectivity index (χ4v) is 3.53. The SMILES string of the molecule is CCCCCCCCOc1ccc(-c2ccc(-c3ccc(C)cc3)c(F)c2F)cc1. The molecule has 3 aromatic carbocycles. The van der Waals surface area contributed by atoms with Gasteiger partial charge in [0.1, 0.15) is 5.75 Å². The van der Waals surface area contributed by atoms with E-state index in [4.69, 9.17) is 4.74 Å². The summed E-state index contributed by atoms with van der Waals surface area (Å²) < 4.78 is 35.3. The van der Waals surface area contributed by atoms with E-state index in [0.717, 1.165) is 17.7 Å². The maximum atomic E-state index is 14.8. The van der Waals surface area contributed by atoms with Crippen LogP contribution >= 0.6 is 0 Å². The van der Waals surface area contributed by atoms with Gasteiger partial charge in [0, 0.05) is 11.1 Å². The Labute approximate surface area is 178 Å². The number of aryl methyl sites for hydroxylation is 1. The van der Waals surface area contributed by atoms with E-state index >= 15 is 0 Å². The van der Waals surface area contributed by atoms with Crippen LogP contribution in [-0.4, -0.2) is 6.61 Å². The van der Waals surface area contributed by atoms with E-state index in [0.29, 0.717) is 17.7 Å². The zero-order valence-electron chi connectivity index (χ0n) is 17.9. The molecule has 3 aromatic rings. The molecule has 0 saturated carbocycles. The molecule has 3 rings (SSSR count). The van der Waals surface area contributed by atoms with Gasteiger partial charge < -0.3 is 4.74 Å². The van der Waals surface area contributed by atoms with Crippen molar-refractivity contribution in [3.8, 4) is 28.0 Å². The predicted molar refractivity (Wildman–Crippen MR) is 121 cm³/mol. The van der Waals surface area contributed by atoms with Crippen LogP contribution < -0.4 is 4.74 Å². The van der Waals surface area contributed by atoms with Crippen LogP contribution in [0.25, 0.3) is 22.3 Å². The molecule has 1 nitrogen and oxygen atoms in total. The second-order valence-corrected chi connectivity index (χ2v) is 7.80. The number of benzene rings is 3. The molecule has 0 aliphatic carbocycles. The molecule has 3 heteroatoms. The van der Waals surface area contributed by atoms with Gasteiger partial charge in [0.25, 0.3) is 0 Å². The Morgan fingerprint density at radius 2 is 1.13 bits per heavy atom. The van der Waals surface area contributed by atoms with E-state index in [1.54, 1.807) is 24.3 Å². The van der Waals surface area contributed by atoms with E-state index < -0.39 is 11.6 Å². The molecular formula is C27H30F2O. The maximum Gasteiger partial charge on any atom is 0.167 e. The molecule has 0 amide bonds. The van der Waals surface area contributed by atoms with Gasteiger partial charge in [0.15, 0.2) is 11.6 Å². The zero-order valence-corrected chi connectivity index (χ0v) is 17.9. The second kappa shape index (κ2) is 10.9. The van der Waals surface area contributed by atoms with Crippen LogP contribution in [0.3, 0.4) is 0 Å². The standard InChI is InChI=1S/C27H30F2O/c1-3-4-5-6-7-8-19-30-23-15-13-22(14-16-23)25-18-17-24(26(28)27(25)29)21-11-9-20(2)10-12-21/h9-18H,3-8,19H2,1-2H3. The Balaban J connectivity index is 1.63. The average molecular weight is 409 g/mol. The first kappa shape index (κ1) is 22.0. The number of halogens is 2. The van der Waals surface area contributed by atoms with Gasteiger partial charge in [-0.05, 0) is 36.6 Å². The first-order chi connectivity index (χ1) is 14.6. The van der Waals surface area contributed by atoms with Crippen molar-refractivity contribution in [3.63, 3.8) is 0 Å². The van der Waals surface area contributed by atoms with Crippen LogP contribution in [0, 0.1) is 18.6 Å². The second-order valence-electron chi connectivity index (χ2n) is 7.80. The van der Waals surface area contributed by atoms with Crippen molar-refractivity contribution in [3.05, 3.63) is 77.9 Å². The van der Waals surface area contributed by atoms with Gasteiger partial charge in [-0.1, -0.05) is 93.1 Å². The summed E-state index contributed by atoms with van der Waals surface area (Å²) in [6.07, 6.45) is 7.30. The van der Waals surface area contributed by atoms with Crippen LogP contribution in [0.2, 0.25) is 0 Å². The highest BCUT2D eigenvalue weighted by Crippen LogP contribution is 2.32. The summed E-state index contributed by atoms with van der Waals surface area (Å²) in [6.45, 7) is 4.86. The first-order valence-corrected chi connectivity index (χ1v) is 10.9. The number of ether oxygens (including phenoxy) is 1. The van der Waals surface area contributed by atoms with Gasteiger partial charge in [0.05, 0.1) is 6.61 Å². The summed E-state index contributed by atoms with van der Waals surface area (Å²) in [4.78, 5) is 0. The number of hydrogen-bond acceptors (Lipinski definition) is 1. The quantitative estimate of drug-likeness (QED) is 0.306. The van der Waals surface area contributed by atoms with Crippen LogP contribution in [-0.2, 0) is 0 Å². The van der Waals surface area contributed by atoms with Crippen molar-refractivity contribution in [1.82, 2.24) is 0 Å². The average Bonchev–Trinajstić information content (AvgIpc) is 2.76. The van der Waals surface area contributed by atoms with Crippen molar-refractivity contribution in [2.75, 3.05) is 6.61 Å². The first-order valence-electron chi connectivity index (χ1n) is 10.9. The summed E-state index contributed by atoms with van der Waals surface area (Å²) >= 11 is 0. The molecule has 0 aliphatic rings. The van der Waals surface area contributed by atoms with E-state index in [1.165, 1.54) is 32.1 Å². The van der Waals surface area contributed by atoms with Crippen LogP contribution in [0.4, 0.5) is 8.78 Å². The maximum absolute atomic E-state index is 14.8. The van der Waals surface area contributed by atoms with Gasteiger partial charge in [-0.25, -0.2) is 8.78 Å². The highest BCUT2D eigenvalue weighted by atomic mass is 19.2. The smallest absolute Gasteiger partial charge is 0.167 e. The molecule has 0 aromatic heterocycles. The van der Waals surface area contributed by atoms with Gasteiger partial charge in [-0.3, -0.25) is 0 Å². The summed E-state index contributed by atoms with van der Waals surface area (Å²) in [5, 5.41) is 0. The highest BCUT2D eigenvalue weighted by Gasteiger charge is 2.16. The van der Waals surface area contributed by atoms with Crippen molar-refractivity contribution in [2.45, 2.75) is 52.4 Å². The monoisotopic (exact) mass is 408 g/mol. The third-order valence-corrected chi connectivity index (χ3v) is 5.38. The van der Waals surface area contributed by atoms with E-state index in [-0.39, 0.29) is 11.1 Å². The normalized spacial score (nSPS) is 10.9. The molecule has 0 unspecified atom stereocenters. The topological polar surface area (TPSA) is 9.23 Å². The largest absolute Gasteiger partial charge is 0.494 e. The molecule has 0 atom stereocenters. The molecular weight excluding hydrogens is 378 g/mol. The molecule has 158 valence electrons. The summed E-state index contributed by atoms with van der Waals surface area (Å²) in [5.74, 6) is -0.891. The fraction of sp³-hybridized carbons (Fsp3) is 0.333. The van der Waals surface area contributed by atoms with Crippen LogP contribution in [0.5, 0.6) is 5.75 Å². The third-order valence-electron chi connectivity index (χ3n) is 5.38. The lowest BCUT2D eigenvalue weighted by Crippen LogP contribution is -1.97. The lowest BCUT2D eigenvalue weighted by atomic mass is 9.98. The van der Waals surface area contributed by atoms with Gasteiger partial charge in [0.2, 0.25) is 0 Å². The molecule has 30 heavy (non-hydrogen) atoms. The Morgan fingerprint density at radius 3 is 1.70 bits per heavy atom. The van der Waals surface area contributed by atoms with Crippen molar-refractivity contribution in [2.24, 2.45) is 0 Å². The molecule has 0 heterocycles. The molecule has 0 N–H and O–H groups in total.